The van der Waals surface area contributed by atoms with E-state index in [0.29, 0.717) is 0 Å². The Balaban J connectivity index is 3.17. The van der Waals surface area contributed by atoms with Crippen LogP contribution >= 0.6 is 22.5 Å². The summed E-state index contributed by atoms with van der Waals surface area (Å²) in [5.74, 6) is 0. The number of hydrogen-bond donors (Lipinski definition) is 1. The maximum atomic E-state index is 10.7. The SMILES string of the molecule is FC(F)(F)SS. The summed E-state index contributed by atoms with van der Waals surface area (Å²) in [6.07, 6.45) is 0. The zero-order chi connectivity index (χ0) is 5.21. The quantitative estimate of drug-likeness (QED) is 0.391. The number of thiol groups is 1. The van der Waals surface area contributed by atoms with E-state index in [9.17, 15) is 13.2 Å². The van der Waals surface area contributed by atoms with Gasteiger partial charge in [-0.15, -0.1) is 11.7 Å². The summed E-state index contributed by atoms with van der Waals surface area (Å²) in [6.45, 7) is 0. The van der Waals surface area contributed by atoms with Gasteiger partial charge in [0.1, 0.15) is 0 Å². The van der Waals surface area contributed by atoms with Gasteiger partial charge in [0, 0.05) is 10.8 Å². The molecule has 0 radical (unpaired) electrons. The highest BCUT2D eigenvalue weighted by molar-refractivity contribution is 8.69. The van der Waals surface area contributed by atoms with Gasteiger partial charge in [-0.25, -0.2) is 0 Å². The van der Waals surface area contributed by atoms with E-state index in [1.165, 1.54) is 0 Å². The Labute approximate surface area is 41.9 Å². The molecule has 0 rings (SSSR count). The Bertz CT molecular complexity index is 38.5. The summed E-state index contributed by atoms with van der Waals surface area (Å²) in [7, 11) is -0.424. The zero-order valence-electron chi connectivity index (χ0n) is 2.49. The minimum atomic E-state index is -4.18. The van der Waals surface area contributed by atoms with E-state index in [4.69, 9.17) is 0 Å². The van der Waals surface area contributed by atoms with Crippen LogP contribution in [0.25, 0.3) is 0 Å². The summed E-state index contributed by atoms with van der Waals surface area (Å²) >= 11 is 2.89. The minimum absolute atomic E-state index is 0.424. The number of alkyl halides is 3. The molecule has 38 valence electrons. The fourth-order valence-corrected chi connectivity index (χ4v) is 0. The smallest absolute Gasteiger partial charge is 0.160 e. The lowest BCUT2D eigenvalue weighted by Gasteiger charge is -1.94. The highest BCUT2D eigenvalue weighted by Crippen LogP contribution is 2.32. The van der Waals surface area contributed by atoms with E-state index in [1.807, 2.05) is 0 Å². The van der Waals surface area contributed by atoms with Gasteiger partial charge in [-0.3, -0.25) is 0 Å². The Morgan fingerprint density at radius 1 is 1.33 bits per heavy atom. The van der Waals surface area contributed by atoms with E-state index in [-0.39, 0.29) is 0 Å². The molecule has 0 aromatic rings. The van der Waals surface area contributed by atoms with Crippen LogP contribution in [0.5, 0.6) is 0 Å². The molecular weight excluding hydrogens is 133 g/mol. The molecule has 0 aliphatic heterocycles. The monoisotopic (exact) mass is 134 g/mol. The molecule has 0 aromatic heterocycles. The molecule has 0 bridgehead atoms. The Hall–Kier alpha value is 0.490. The van der Waals surface area contributed by atoms with Crippen LogP contribution in [0.1, 0.15) is 0 Å². The first-order valence-corrected chi connectivity index (χ1v) is 2.82. The summed E-state index contributed by atoms with van der Waals surface area (Å²) < 4.78 is 32.0. The van der Waals surface area contributed by atoms with Crippen molar-refractivity contribution in [1.29, 1.82) is 0 Å². The van der Waals surface area contributed by atoms with Gasteiger partial charge >= 0.3 is 5.51 Å². The highest BCUT2D eigenvalue weighted by atomic mass is 33.1. The number of hydrogen-bond acceptors (Lipinski definition) is 2. The van der Waals surface area contributed by atoms with Gasteiger partial charge < -0.3 is 0 Å². The van der Waals surface area contributed by atoms with Crippen molar-refractivity contribution < 1.29 is 13.2 Å². The van der Waals surface area contributed by atoms with Gasteiger partial charge in [-0.05, 0) is 0 Å². The Morgan fingerprint density at radius 3 is 1.50 bits per heavy atom. The lowest BCUT2D eigenvalue weighted by Crippen LogP contribution is -1.93. The second kappa shape index (κ2) is 1.97. The average molecular weight is 134 g/mol. The van der Waals surface area contributed by atoms with Crippen molar-refractivity contribution in [2.75, 3.05) is 0 Å². The van der Waals surface area contributed by atoms with Crippen LogP contribution in [-0.2, 0) is 0 Å². The van der Waals surface area contributed by atoms with Crippen molar-refractivity contribution in [3.8, 4) is 0 Å². The van der Waals surface area contributed by atoms with Crippen molar-refractivity contribution in [3.63, 3.8) is 0 Å². The Morgan fingerprint density at radius 2 is 1.50 bits per heavy atom. The number of halogens is 3. The Kier molecular flexibility index (Phi) is 2.13. The molecule has 0 heterocycles. The first kappa shape index (κ1) is 6.49. The molecule has 0 amide bonds. The van der Waals surface area contributed by atoms with Gasteiger partial charge in [0.2, 0.25) is 0 Å². The molecule has 5 heteroatoms. The third kappa shape index (κ3) is 4.49. The molecule has 0 nitrogen and oxygen atoms in total. The highest BCUT2D eigenvalue weighted by Gasteiger charge is 2.25. The van der Waals surface area contributed by atoms with Crippen LogP contribution in [0.2, 0.25) is 0 Å². The van der Waals surface area contributed by atoms with Gasteiger partial charge in [-0.2, -0.15) is 13.2 Å². The molecule has 0 aliphatic carbocycles. The largest absolute Gasteiger partial charge is 0.451 e. The van der Waals surface area contributed by atoms with E-state index in [1.54, 1.807) is 0 Å². The first-order chi connectivity index (χ1) is 2.56. The minimum Gasteiger partial charge on any atom is -0.160 e. The van der Waals surface area contributed by atoms with Crippen LogP contribution in [-0.4, -0.2) is 5.51 Å². The maximum absolute atomic E-state index is 10.7. The predicted molar refractivity (Wildman–Crippen MR) is 22.6 cm³/mol. The zero-order valence-corrected chi connectivity index (χ0v) is 4.20. The molecule has 0 atom stereocenters. The summed E-state index contributed by atoms with van der Waals surface area (Å²) in [5, 5.41) is 0. The fraction of sp³-hybridized carbons (Fsp3) is 1.00. The van der Waals surface area contributed by atoms with E-state index >= 15 is 0 Å². The maximum Gasteiger partial charge on any atom is 0.451 e. The van der Waals surface area contributed by atoms with Crippen molar-refractivity contribution in [2.45, 2.75) is 5.51 Å². The summed E-state index contributed by atoms with van der Waals surface area (Å²) in [4.78, 5) is 0. The normalized spacial score (nSPS) is 12.0. The lowest BCUT2D eigenvalue weighted by atomic mass is 11.6. The standard InChI is InChI=1S/CHF3S2/c2-1(3,4)6-5/h5H. The number of rotatable bonds is 0. The van der Waals surface area contributed by atoms with Crippen LogP contribution in [0.15, 0.2) is 0 Å². The van der Waals surface area contributed by atoms with Gasteiger partial charge in [0.05, 0.1) is 0 Å². The second-order valence-corrected chi connectivity index (χ2v) is 1.73. The first-order valence-electron chi connectivity index (χ1n) is 0.954. The molecule has 0 saturated heterocycles. The van der Waals surface area contributed by atoms with Gasteiger partial charge in [-0.1, -0.05) is 0 Å². The van der Waals surface area contributed by atoms with Gasteiger partial charge in [0.25, 0.3) is 0 Å². The molecule has 0 unspecified atom stereocenters. The third-order valence-electron chi connectivity index (χ3n) is 0.104. The fourth-order valence-electron chi connectivity index (χ4n) is 0. The van der Waals surface area contributed by atoms with E-state index in [0.717, 1.165) is 0 Å². The van der Waals surface area contributed by atoms with Crippen molar-refractivity contribution in [3.05, 3.63) is 0 Å². The molecule has 6 heavy (non-hydrogen) atoms. The molecule has 0 fully saturated rings. The molecular formula is CHF3S2. The predicted octanol–water partition coefficient (Wildman–Crippen LogP) is 2.08. The van der Waals surface area contributed by atoms with Crippen LogP contribution < -0.4 is 0 Å². The topological polar surface area (TPSA) is 0 Å². The van der Waals surface area contributed by atoms with Crippen LogP contribution in [0.4, 0.5) is 13.2 Å². The van der Waals surface area contributed by atoms with E-state index in [2.05, 4.69) is 11.7 Å². The van der Waals surface area contributed by atoms with Crippen molar-refractivity contribution >= 4 is 22.5 Å². The summed E-state index contributed by atoms with van der Waals surface area (Å²) in [6, 6.07) is 0. The lowest BCUT2D eigenvalue weighted by molar-refractivity contribution is -0.0310. The van der Waals surface area contributed by atoms with E-state index < -0.39 is 16.3 Å². The molecule has 0 spiro atoms. The molecule has 0 aromatic carbocycles. The average Bonchev–Trinajstić information content (AvgIpc) is 1.35. The second-order valence-electron chi connectivity index (χ2n) is 0.537. The molecule has 0 saturated carbocycles. The van der Waals surface area contributed by atoms with Crippen LogP contribution in [0.3, 0.4) is 0 Å². The summed E-state index contributed by atoms with van der Waals surface area (Å²) in [5.41, 5.74) is -4.18. The molecule has 0 aliphatic rings. The molecule has 0 N–H and O–H groups in total. The van der Waals surface area contributed by atoms with Crippen molar-refractivity contribution in [1.82, 2.24) is 0 Å². The van der Waals surface area contributed by atoms with Crippen LogP contribution in [0, 0.1) is 0 Å². The third-order valence-corrected chi connectivity index (χ3v) is 0.932. The van der Waals surface area contributed by atoms with Gasteiger partial charge in [0.15, 0.2) is 0 Å². The van der Waals surface area contributed by atoms with Crippen molar-refractivity contribution in [2.24, 2.45) is 0 Å².